The highest BCUT2D eigenvalue weighted by Gasteiger charge is 2.39. The third-order valence-electron chi connectivity index (χ3n) is 6.35. The first-order valence-electron chi connectivity index (χ1n) is 11.1. The molecule has 0 aliphatic carbocycles. The molecule has 32 heavy (non-hydrogen) atoms. The summed E-state index contributed by atoms with van der Waals surface area (Å²) in [5.74, 6) is -0.167. The number of aryl methyl sites for hydroxylation is 4. The van der Waals surface area contributed by atoms with Crippen molar-refractivity contribution in [3.8, 4) is 0 Å². The van der Waals surface area contributed by atoms with Crippen LogP contribution >= 0.6 is 7.80 Å². The zero-order valence-electron chi connectivity index (χ0n) is 19.7. The van der Waals surface area contributed by atoms with Crippen LogP contribution in [-0.4, -0.2) is 11.3 Å². The lowest BCUT2D eigenvalue weighted by Crippen LogP contribution is -2.19. The monoisotopic (exact) mass is 445 g/mol. The van der Waals surface area contributed by atoms with E-state index in [-0.39, 0.29) is 5.78 Å². The molecule has 0 fully saturated rings. The average molecular weight is 446 g/mol. The molecule has 0 saturated heterocycles. The van der Waals surface area contributed by atoms with Crippen molar-refractivity contribution in [3.05, 3.63) is 98.6 Å². The number of rotatable bonds is 7. The van der Waals surface area contributed by atoms with Gasteiger partial charge in [-0.15, -0.1) is 0 Å². The van der Waals surface area contributed by atoms with E-state index in [0.717, 1.165) is 46.2 Å². The number of ketones is 1. The van der Waals surface area contributed by atoms with Gasteiger partial charge in [-0.05, 0) is 86.1 Å². The molecule has 0 radical (unpaired) electrons. The standard InChI is InChI=1S/C28H30O3P/c1-7-21-12-11-13-22(8-2)26(21)27(29)23-14-9-10-15-24(23)32(31)28(30)25-18(4)16-17(3)19(5)20(25)6/h9-16H,7-8H2,1-6H3/q+1. The molecule has 0 amide bonds. The molecule has 0 heterocycles. The van der Waals surface area contributed by atoms with Crippen LogP contribution in [0.1, 0.15) is 73.5 Å². The Hall–Kier alpha value is -2.90. The minimum atomic E-state index is -2.45. The second kappa shape index (κ2) is 9.71. The molecule has 1 atom stereocenters. The highest BCUT2D eigenvalue weighted by Crippen LogP contribution is 2.34. The summed E-state index contributed by atoms with van der Waals surface area (Å²) in [4.78, 5) is 27.1. The van der Waals surface area contributed by atoms with E-state index < -0.39 is 13.3 Å². The van der Waals surface area contributed by atoms with Crippen molar-refractivity contribution in [1.29, 1.82) is 0 Å². The number of hydrogen-bond acceptors (Lipinski definition) is 3. The quantitative estimate of drug-likeness (QED) is 0.305. The van der Waals surface area contributed by atoms with Crippen LogP contribution in [0.2, 0.25) is 0 Å². The molecule has 164 valence electrons. The van der Waals surface area contributed by atoms with Crippen molar-refractivity contribution in [1.82, 2.24) is 0 Å². The lowest BCUT2D eigenvalue weighted by atomic mass is 9.91. The smallest absolute Gasteiger partial charge is 0.288 e. The van der Waals surface area contributed by atoms with Crippen LogP contribution in [0.4, 0.5) is 0 Å². The van der Waals surface area contributed by atoms with Crippen LogP contribution < -0.4 is 5.30 Å². The normalized spacial score (nSPS) is 11.4. The molecule has 1 unspecified atom stereocenters. The highest BCUT2D eigenvalue weighted by atomic mass is 31.1. The summed E-state index contributed by atoms with van der Waals surface area (Å²) < 4.78 is 13.6. The van der Waals surface area contributed by atoms with Gasteiger partial charge in [0.15, 0.2) is 5.78 Å². The maximum absolute atomic E-state index is 13.7. The Morgan fingerprint density at radius 3 is 1.94 bits per heavy atom. The Kier molecular flexibility index (Phi) is 7.21. The first-order chi connectivity index (χ1) is 15.2. The minimum Gasteiger partial charge on any atom is -0.288 e. The highest BCUT2D eigenvalue weighted by molar-refractivity contribution is 7.71. The average Bonchev–Trinajstić information content (AvgIpc) is 2.80. The summed E-state index contributed by atoms with van der Waals surface area (Å²) in [6.07, 6.45) is 1.45. The molecule has 0 aliphatic heterocycles. The molecule has 0 bridgehead atoms. The Bertz CT molecular complexity index is 1220. The Labute approximate surface area is 191 Å². The first kappa shape index (κ1) is 23.8. The lowest BCUT2D eigenvalue weighted by molar-refractivity contribution is 0.103. The Morgan fingerprint density at radius 2 is 1.34 bits per heavy atom. The largest absolute Gasteiger partial charge is 0.459 e. The molecular weight excluding hydrogens is 415 g/mol. The van der Waals surface area contributed by atoms with E-state index in [4.69, 9.17) is 0 Å². The van der Waals surface area contributed by atoms with E-state index in [1.165, 1.54) is 0 Å². The van der Waals surface area contributed by atoms with Crippen LogP contribution in [0, 0.1) is 27.7 Å². The maximum Gasteiger partial charge on any atom is 0.459 e. The Balaban J connectivity index is 2.13. The summed E-state index contributed by atoms with van der Waals surface area (Å²) in [6.45, 7) is 11.8. The van der Waals surface area contributed by atoms with Gasteiger partial charge in [0.2, 0.25) is 5.30 Å². The van der Waals surface area contributed by atoms with E-state index in [1.54, 1.807) is 24.3 Å². The van der Waals surface area contributed by atoms with E-state index in [1.807, 2.05) is 65.8 Å². The van der Waals surface area contributed by atoms with E-state index in [9.17, 15) is 14.2 Å². The minimum absolute atomic E-state index is 0.167. The summed E-state index contributed by atoms with van der Waals surface area (Å²) in [5, 5.41) is 0.308. The number of carbonyl (C=O) groups is 2. The van der Waals surface area contributed by atoms with Gasteiger partial charge in [-0.25, -0.2) is 4.79 Å². The van der Waals surface area contributed by atoms with Crippen molar-refractivity contribution in [3.63, 3.8) is 0 Å². The second-order valence-corrected chi connectivity index (χ2v) is 9.72. The van der Waals surface area contributed by atoms with Gasteiger partial charge in [0.1, 0.15) is 0 Å². The van der Waals surface area contributed by atoms with Crippen molar-refractivity contribution >= 4 is 24.4 Å². The molecule has 3 nitrogen and oxygen atoms in total. The van der Waals surface area contributed by atoms with Crippen LogP contribution in [0.3, 0.4) is 0 Å². The van der Waals surface area contributed by atoms with Gasteiger partial charge >= 0.3 is 13.3 Å². The van der Waals surface area contributed by atoms with E-state index >= 15 is 0 Å². The fraction of sp³-hybridized carbons (Fsp3) is 0.286. The predicted molar refractivity (Wildman–Crippen MR) is 132 cm³/mol. The van der Waals surface area contributed by atoms with Gasteiger partial charge in [0.25, 0.3) is 0 Å². The van der Waals surface area contributed by atoms with Crippen molar-refractivity contribution in [2.75, 3.05) is 0 Å². The zero-order chi connectivity index (χ0) is 23.6. The van der Waals surface area contributed by atoms with Crippen LogP contribution in [-0.2, 0) is 17.4 Å². The SMILES string of the molecule is CCc1cccc(CC)c1C(=O)c1ccccc1[P+](=O)C(=O)c1c(C)cc(C)c(C)c1C. The van der Waals surface area contributed by atoms with Crippen LogP contribution in [0.5, 0.6) is 0 Å². The van der Waals surface area contributed by atoms with E-state index in [0.29, 0.717) is 22.0 Å². The number of carbonyl (C=O) groups excluding carboxylic acids is 2. The lowest BCUT2D eigenvalue weighted by Gasteiger charge is -2.13. The maximum atomic E-state index is 13.7. The summed E-state index contributed by atoms with van der Waals surface area (Å²) >= 11 is 0. The van der Waals surface area contributed by atoms with Crippen molar-refractivity contribution in [2.24, 2.45) is 0 Å². The van der Waals surface area contributed by atoms with Gasteiger partial charge in [0, 0.05) is 5.56 Å². The van der Waals surface area contributed by atoms with Gasteiger partial charge in [0.05, 0.1) is 11.1 Å². The first-order valence-corrected chi connectivity index (χ1v) is 12.3. The summed E-state index contributed by atoms with van der Waals surface area (Å²) in [7, 11) is -2.45. The molecule has 4 heteroatoms. The third-order valence-corrected chi connectivity index (χ3v) is 7.77. The van der Waals surface area contributed by atoms with E-state index in [2.05, 4.69) is 0 Å². The van der Waals surface area contributed by atoms with Gasteiger partial charge < -0.3 is 0 Å². The summed E-state index contributed by atoms with van der Waals surface area (Å²) in [6, 6.07) is 14.7. The molecular formula is C28H30O3P+. The van der Waals surface area contributed by atoms with Crippen molar-refractivity contribution < 1.29 is 14.2 Å². The van der Waals surface area contributed by atoms with Gasteiger partial charge in [-0.2, -0.15) is 0 Å². The Morgan fingerprint density at radius 1 is 0.750 bits per heavy atom. The van der Waals surface area contributed by atoms with Gasteiger partial charge in [-0.3, -0.25) is 4.79 Å². The molecule has 0 aromatic heterocycles. The molecule has 3 rings (SSSR count). The van der Waals surface area contributed by atoms with Gasteiger partial charge in [-0.1, -0.05) is 54.8 Å². The molecule has 0 saturated carbocycles. The molecule has 0 aliphatic rings. The van der Waals surface area contributed by atoms with Crippen LogP contribution in [0.15, 0.2) is 48.5 Å². The topological polar surface area (TPSA) is 51.2 Å². The second-order valence-electron chi connectivity index (χ2n) is 8.24. The van der Waals surface area contributed by atoms with Crippen molar-refractivity contribution in [2.45, 2.75) is 54.4 Å². The molecule has 3 aromatic rings. The zero-order valence-corrected chi connectivity index (χ0v) is 20.6. The number of benzene rings is 3. The van der Waals surface area contributed by atoms with Crippen LogP contribution in [0.25, 0.3) is 0 Å². The fourth-order valence-electron chi connectivity index (χ4n) is 4.34. The molecule has 3 aromatic carbocycles. The fourth-order valence-corrected chi connectivity index (χ4v) is 5.72. The number of hydrogen-bond donors (Lipinski definition) is 0. The molecule has 0 N–H and O–H groups in total. The third kappa shape index (κ3) is 4.23. The predicted octanol–water partition coefficient (Wildman–Crippen LogP) is 6.57. The molecule has 0 spiro atoms. The summed E-state index contributed by atoms with van der Waals surface area (Å²) in [5.41, 5.74) is 6.81.